The van der Waals surface area contributed by atoms with E-state index in [1.807, 2.05) is 12.3 Å². The lowest BCUT2D eigenvalue weighted by Gasteiger charge is -2.08. The summed E-state index contributed by atoms with van der Waals surface area (Å²) in [5, 5.41) is 15.4. The average Bonchev–Trinajstić information content (AvgIpc) is 2.87. The van der Waals surface area contributed by atoms with Gasteiger partial charge in [-0.05, 0) is 30.0 Å². The van der Waals surface area contributed by atoms with Gasteiger partial charge in [0.25, 0.3) is 0 Å². The van der Waals surface area contributed by atoms with Gasteiger partial charge in [-0.15, -0.1) is 11.3 Å². The minimum Gasteiger partial charge on any atom is -0.396 e. The van der Waals surface area contributed by atoms with Crippen LogP contribution in [0.4, 0.5) is 5.82 Å². The highest BCUT2D eigenvalue weighted by molar-refractivity contribution is 7.98. The first kappa shape index (κ1) is 14.6. The van der Waals surface area contributed by atoms with Gasteiger partial charge in [-0.2, -0.15) is 11.8 Å². The summed E-state index contributed by atoms with van der Waals surface area (Å²) in [5.41, 5.74) is 0. The van der Waals surface area contributed by atoms with Crippen LogP contribution in [0.25, 0.3) is 10.2 Å². The van der Waals surface area contributed by atoms with Gasteiger partial charge in [-0.25, -0.2) is 9.97 Å². The molecule has 0 bridgehead atoms. The van der Waals surface area contributed by atoms with Crippen molar-refractivity contribution >= 4 is 39.1 Å². The molecule has 0 aliphatic carbocycles. The molecular formula is C13H19N3OS2. The number of fused-ring (bicyclic) bond motifs is 1. The molecule has 0 saturated heterocycles. The second kappa shape index (κ2) is 7.07. The Morgan fingerprint density at radius 1 is 1.47 bits per heavy atom. The molecule has 0 spiro atoms. The zero-order valence-electron chi connectivity index (χ0n) is 11.2. The van der Waals surface area contributed by atoms with E-state index >= 15 is 0 Å². The average molecular weight is 297 g/mol. The summed E-state index contributed by atoms with van der Waals surface area (Å²) >= 11 is 3.41. The van der Waals surface area contributed by atoms with Crippen LogP contribution in [0.2, 0.25) is 0 Å². The van der Waals surface area contributed by atoms with Crippen LogP contribution in [0.15, 0.2) is 11.4 Å². The van der Waals surface area contributed by atoms with E-state index in [-0.39, 0.29) is 6.61 Å². The van der Waals surface area contributed by atoms with Crippen LogP contribution in [0.5, 0.6) is 0 Å². The molecule has 0 aliphatic rings. The summed E-state index contributed by atoms with van der Waals surface area (Å²) in [7, 11) is 0. The van der Waals surface area contributed by atoms with Crippen molar-refractivity contribution in [3.05, 3.63) is 17.3 Å². The van der Waals surface area contributed by atoms with Gasteiger partial charge >= 0.3 is 0 Å². The summed E-state index contributed by atoms with van der Waals surface area (Å²) in [5.74, 6) is 3.83. The third-order valence-electron chi connectivity index (χ3n) is 2.66. The molecule has 104 valence electrons. The molecular weight excluding hydrogens is 278 g/mol. The Bertz CT molecular complexity index is 530. The summed E-state index contributed by atoms with van der Waals surface area (Å²) in [6.07, 6.45) is 0. The molecule has 19 heavy (non-hydrogen) atoms. The number of rotatable bonds is 7. The quantitative estimate of drug-likeness (QED) is 0.823. The lowest BCUT2D eigenvalue weighted by Crippen LogP contribution is -2.06. The fourth-order valence-corrected chi connectivity index (χ4v) is 3.39. The Morgan fingerprint density at radius 3 is 3.05 bits per heavy atom. The molecule has 1 atom stereocenters. The Kier molecular flexibility index (Phi) is 5.42. The van der Waals surface area contributed by atoms with Crippen molar-refractivity contribution < 1.29 is 5.11 Å². The molecule has 0 fully saturated rings. The van der Waals surface area contributed by atoms with Crippen molar-refractivity contribution in [2.24, 2.45) is 5.92 Å². The molecule has 0 radical (unpaired) electrons. The molecule has 0 saturated carbocycles. The van der Waals surface area contributed by atoms with Gasteiger partial charge in [-0.3, -0.25) is 0 Å². The predicted octanol–water partition coefficient (Wildman–Crippen LogP) is 2.98. The van der Waals surface area contributed by atoms with Crippen LogP contribution in [0.3, 0.4) is 0 Å². The van der Waals surface area contributed by atoms with Gasteiger partial charge in [0.2, 0.25) is 0 Å². The Labute approximate surface area is 121 Å². The van der Waals surface area contributed by atoms with Crippen LogP contribution in [0.1, 0.15) is 19.7 Å². The van der Waals surface area contributed by atoms with Crippen molar-refractivity contribution in [3.8, 4) is 0 Å². The van der Waals surface area contributed by atoms with E-state index in [1.165, 1.54) is 0 Å². The van der Waals surface area contributed by atoms with Crippen molar-refractivity contribution in [2.75, 3.05) is 24.2 Å². The molecule has 2 rings (SSSR count). The fraction of sp³-hybridized carbons (Fsp3) is 0.538. The number of thiophene rings is 1. The number of nitrogens with one attached hydrogen (secondary N) is 1. The Balaban J connectivity index is 2.10. The van der Waals surface area contributed by atoms with Crippen LogP contribution in [0, 0.1) is 5.92 Å². The third kappa shape index (κ3) is 3.81. The topological polar surface area (TPSA) is 58.0 Å². The van der Waals surface area contributed by atoms with Crippen molar-refractivity contribution in [1.29, 1.82) is 0 Å². The summed E-state index contributed by atoms with van der Waals surface area (Å²) in [6, 6.07) is 2.06. The number of thioether (sulfide) groups is 1. The normalized spacial score (nSPS) is 12.8. The molecule has 2 heterocycles. The number of hydrogen-bond acceptors (Lipinski definition) is 6. The first-order chi connectivity index (χ1) is 9.24. The maximum Gasteiger partial charge on any atom is 0.142 e. The van der Waals surface area contributed by atoms with E-state index in [0.29, 0.717) is 5.92 Å². The van der Waals surface area contributed by atoms with Gasteiger partial charge in [0.15, 0.2) is 0 Å². The molecule has 2 N–H and O–H groups in total. The standard InChI is InChI=1S/C13H19N3OS2/c1-3-14-12-10-4-5-19-13(10)16-11(15-12)8-18-7-9(2)6-17/h4-5,9,17H,3,6-8H2,1-2H3,(H,14,15,16). The fourth-order valence-electron chi connectivity index (χ4n) is 1.67. The number of hydrogen-bond donors (Lipinski definition) is 2. The number of aromatic nitrogens is 2. The minimum atomic E-state index is 0.237. The van der Waals surface area contributed by atoms with Crippen LogP contribution < -0.4 is 5.32 Å². The molecule has 0 aromatic carbocycles. The molecule has 0 aliphatic heterocycles. The van der Waals surface area contributed by atoms with E-state index < -0.39 is 0 Å². The van der Waals surface area contributed by atoms with E-state index in [4.69, 9.17) is 5.11 Å². The van der Waals surface area contributed by atoms with Crippen LogP contribution in [-0.2, 0) is 5.75 Å². The monoisotopic (exact) mass is 297 g/mol. The van der Waals surface area contributed by atoms with Gasteiger partial charge in [0.05, 0.1) is 11.1 Å². The number of aliphatic hydroxyl groups is 1. The maximum atomic E-state index is 9.01. The highest BCUT2D eigenvalue weighted by atomic mass is 32.2. The predicted molar refractivity (Wildman–Crippen MR) is 84.0 cm³/mol. The Hall–Kier alpha value is -0.850. The largest absolute Gasteiger partial charge is 0.396 e. The van der Waals surface area contributed by atoms with Gasteiger partial charge < -0.3 is 10.4 Å². The maximum absolute atomic E-state index is 9.01. The van der Waals surface area contributed by atoms with E-state index in [1.54, 1.807) is 23.1 Å². The highest BCUT2D eigenvalue weighted by Crippen LogP contribution is 2.26. The molecule has 2 aromatic heterocycles. The number of aliphatic hydroxyl groups excluding tert-OH is 1. The zero-order valence-corrected chi connectivity index (χ0v) is 12.9. The van der Waals surface area contributed by atoms with E-state index in [2.05, 4.69) is 28.3 Å². The SMILES string of the molecule is CCNc1nc(CSCC(C)CO)nc2sccc12. The van der Waals surface area contributed by atoms with Crippen molar-refractivity contribution in [2.45, 2.75) is 19.6 Å². The number of anilines is 1. The highest BCUT2D eigenvalue weighted by Gasteiger charge is 2.09. The molecule has 6 heteroatoms. The lowest BCUT2D eigenvalue weighted by atomic mass is 10.2. The molecule has 0 amide bonds. The summed E-state index contributed by atoms with van der Waals surface area (Å²) in [6.45, 7) is 5.20. The Morgan fingerprint density at radius 2 is 2.32 bits per heavy atom. The summed E-state index contributed by atoms with van der Waals surface area (Å²) in [4.78, 5) is 10.2. The smallest absolute Gasteiger partial charge is 0.142 e. The second-order valence-corrected chi connectivity index (χ2v) is 6.39. The molecule has 4 nitrogen and oxygen atoms in total. The van der Waals surface area contributed by atoms with Gasteiger partial charge in [-0.1, -0.05) is 6.92 Å². The zero-order chi connectivity index (χ0) is 13.7. The van der Waals surface area contributed by atoms with Gasteiger partial charge in [0.1, 0.15) is 16.5 Å². The van der Waals surface area contributed by atoms with Crippen LogP contribution >= 0.6 is 23.1 Å². The van der Waals surface area contributed by atoms with Crippen LogP contribution in [-0.4, -0.2) is 34.0 Å². The first-order valence-corrected chi connectivity index (χ1v) is 8.44. The molecule has 2 aromatic rings. The van der Waals surface area contributed by atoms with Crippen molar-refractivity contribution in [1.82, 2.24) is 9.97 Å². The lowest BCUT2D eigenvalue weighted by molar-refractivity contribution is 0.250. The molecule has 1 unspecified atom stereocenters. The van der Waals surface area contributed by atoms with Gasteiger partial charge in [0, 0.05) is 13.2 Å². The minimum absolute atomic E-state index is 0.237. The second-order valence-electron chi connectivity index (χ2n) is 4.46. The third-order valence-corrected chi connectivity index (χ3v) is 4.73. The van der Waals surface area contributed by atoms with E-state index in [0.717, 1.165) is 39.9 Å². The first-order valence-electron chi connectivity index (χ1n) is 6.41. The van der Waals surface area contributed by atoms with Crippen molar-refractivity contribution in [3.63, 3.8) is 0 Å². The summed E-state index contributed by atoms with van der Waals surface area (Å²) < 4.78 is 0. The van der Waals surface area contributed by atoms with E-state index in [9.17, 15) is 0 Å². The number of nitrogens with zero attached hydrogens (tertiary/aromatic N) is 2.